The number of carbonyl (C=O) groups is 1. The van der Waals surface area contributed by atoms with Crippen molar-refractivity contribution in [3.05, 3.63) is 65.7 Å². The van der Waals surface area contributed by atoms with Gasteiger partial charge in [-0.1, -0.05) is 49.4 Å². The van der Waals surface area contributed by atoms with Gasteiger partial charge >= 0.3 is 0 Å². The molecule has 2 aromatic carbocycles. The van der Waals surface area contributed by atoms with E-state index in [-0.39, 0.29) is 10.8 Å². The van der Waals surface area contributed by atoms with Crippen LogP contribution in [0.15, 0.2) is 59.5 Å². The lowest BCUT2D eigenvalue weighted by molar-refractivity contribution is -0.130. The second kappa shape index (κ2) is 10.2. The van der Waals surface area contributed by atoms with E-state index in [1.807, 2.05) is 18.2 Å². The van der Waals surface area contributed by atoms with Gasteiger partial charge in [-0.2, -0.15) is 0 Å². The molecule has 0 bridgehead atoms. The smallest absolute Gasteiger partial charge is 0.240 e. The van der Waals surface area contributed by atoms with Gasteiger partial charge in [0, 0.05) is 26.6 Å². The Kier molecular flexibility index (Phi) is 8.00. The summed E-state index contributed by atoms with van der Waals surface area (Å²) in [5.74, 6) is 0.104. The Labute approximate surface area is 162 Å². The number of aryl methyl sites for hydroxylation is 1. The number of nitrogens with zero attached hydrogens (tertiary/aromatic N) is 1. The molecule has 5 nitrogen and oxygen atoms in total. The van der Waals surface area contributed by atoms with Crippen LogP contribution in [0.25, 0.3) is 0 Å². The highest BCUT2D eigenvalue weighted by atomic mass is 32.2. The second-order valence-corrected chi connectivity index (χ2v) is 8.35. The van der Waals surface area contributed by atoms with Gasteiger partial charge in [-0.3, -0.25) is 4.79 Å². The number of nitrogens with one attached hydrogen (secondary N) is 1. The number of amides is 1. The second-order valence-electron chi connectivity index (χ2n) is 6.59. The largest absolute Gasteiger partial charge is 0.341 e. The first-order valence-electron chi connectivity index (χ1n) is 9.29. The molecule has 2 rings (SSSR count). The maximum atomic E-state index is 12.3. The van der Waals surface area contributed by atoms with Crippen molar-refractivity contribution in [2.24, 2.45) is 0 Å². The standard InChI is InChI=1S/C21H28N2O3S/c1-3-22-27(25,26)20-15-13-19(14-16-20)17-23(2)21(24)12-8-7-11-18-9-5-4-6-10-18/h4-6,9-10,13-16,22H,3,7-8,11-12,17H2,1-2H3. The molecule has 0 saturated carbocycles. The Balaban J connectivity index is 1.78. The van der Waals surface area contributed by atoms with Crippen LogP contribution < -0.4 is 4.72 Å². The zero-order valence-electron chi connectivity index (χ0n) is 16.0. The fourth-order valence-corrected chi connectivity index (χ4v) is 3.89. The number of hydrogen-bond donors (Lipinski definition) is 1. The minimum Gasteiger partial charge on any atom is -0.341 e. The van der Waals surface area contributed by atoms with Gasteiger partial charge in [0.1, 0.15) is 0 Å². The first-order valence-corrected chi connectivity index (χ1v) is 10.8. The molecule has 0 radical (unpaired) electrons. The van der Waals surface area contributed by atoms with E-state index in [0.29, 0.717) is 19.5 Å². The molecular formula is C21H28N2O3S. The van der Waals surface area contributed by atoms with E-state index in [2.05, 4.69) is 16.9 Å². The molecule has 0 aliphatic rings. The molecule has 0 spiro atoms. The zero-order chi connectivity index (χ0) is 19.7. The summed E-state index contributed by atoms with van der Waals surface area (Å²) in [6, 6.07) is 16.9. The Hall–Kier alpha value is -2.18. The average Bonchev–Trinajstić information content (AvgIpc) is 2.66. The van der Waals surface area contributed by atoms with Crippen molar-refractivity contribution in [2.45, 2.75) is 44.0 Å². The molecule has 0 aromatic heterocycles. The topological polar surface area (TPSA) is 66.5 Å². The third kappa shape index (κ3) is 6.81. The van der Waals surface area contributed by atoms with Gasteiger partial charge in [0.05, 0.1) is 4.90 Å². The minimum atomic E-state index is -3.44. The van der Waals surface area contributed by atoms with Gasteiger partial charge < -0.3 is 4.90 Å². The van der Waals surface area contributed by atoms with E-state index >= 15 is 0 Å². The summed E-state index contributed by atoms with van der Waals surface area (Å²) in [4.78, 5) is 14.2. The fraction of sp³-hybridized carbons (Fsp3) is 0.381. The first kappa shape index (κ1) is 21.1. The van der Waals surface area contributed by atoms with E-state index in [1.165, 1.54) is 5.56 Å². The van der Waals surface area contributed by atoms with Gasteiger partial charge in [-0.05, 0) is 42.5 Å². The predicted octanol–water partition coefficient (Wildman–Crippen LogP) is 3.36. The van der Waals surface area contributed by atoms with Crippen LogP contribution in [-0.4, -0.2) is 32.8 Å². The van der Waals surface area contributed by atoms with Crippen molar-refractivity contribution in [2.75, 3.05) is 13.6 Å². The highest BCUT2D eigenvalue weighted by Gasteiger charge is 2.13. The maximum Gasteiger partial charge on any atom is 0.240 e. The third-order valence-electron chi connectivity index (χ3n) is 4.36. The van der Waals surface area contributed by atoms with Crippen LogP contribution in [0.4, 0.5) is 0 Å². The Morgan fingerprint density at radius 2 is 1.63 bits per heavy atom. The normalized spacial score (nSPS) is 11.3. The van der Waals surface area contributed by atoms with Crippen molar-refractivity contribution in [1.82, 2.24) is 9.62 Å². The van der Waals surface area contributed by atoms with E-state index in [0.717, 1.165) is 24.8 Å². The number of unbranched alkanes of at least 4 members (excludes halogenated alkanes) is 1. The lowest BCUT2D eigenvalue weighted by atomic mass is 10.1. The molecule has 1 amide bonds. The van der Waals surface area contributed by atoms with Crippen molar-refractivity contribution in [1.29, 1.82) is 0 Å². The molecule has 0 unspecified atom stereocenters. The minimum absolute atomic E-state index is 0.104. The average molecular weight is 389 g/mol. The van der Waals surface area contributed by atoms with Crippen LogP contribution in [0.3, 0.4) is 0 Å². The van der Waals surface area contributed by atoms with Crippen molar-refractivity contribution >= 4 is 15.9 Å². The van der Waals surface area contributed by atoms with Crippen LogP contribution >= 0.6 is 0 Å². The summed E-state index contributed by atoms with van der Waals surface area (Å²) < 4.78 is 26.4. The number of carbonyl (C=O) groups excluding carboxylic acids is 1. The molecule has 27 heavy (non-hydrogen) atoms. The Morgan fingerprint density at radius 1 is 0.963 bits per heavy atom. The molecule has 2 aromatic rings. The first-order chi connectivity index (χ1) is 12.9. The van der Waals surface area contributed by atoms with Gasteiger partial charge in [-0.25, -0.2) is 13.1 Å². The number of sulfonamides is 1. The number of benzene rings is 2. The van der Waals surface area contributed by atoms with Crippen molar-refractivity contribution < 1.29 is 13.2 Å². The summed E-state index contributed by atoms with van der Waals surface area (Å²) in [7, 11) is -1.66. The van der Waals surface area contributed by atoms with Crippen LogP contribution in [-0.2, 0) is 27.8 Å². The number of rotatable bonds is 10. The fourth-order valence-electron chi connectivity index (χ4n) is 2.85. The molecular weight excluding hydrogens is 360 g/mol. The van der Waals surface area contributed by atoms with Crippen LogP contribution in [0, 0.1) is 0 Å². The van der Waals surface area contributed by atoms with Gasteiger partial charge in [0.25, 0.3) is 0 Å². The molecule has 0 saturated heterocycles. The summed E-state index contributed by atoms with van der Waals surface area (Å²) in [5.41, 5.74) is 2.21. The third-order valence-corrected chi connectivity index (χ3v) is 5.92. The molecule has 0 atom stereocenters. The quantitative estimate of drug-likeness (QED) is 0.635. The molecule has 0 aliphatic heterocycles. The van der Waals surface area contributed by atoms with Crippen LogP contribution in [0.5, 0.6) is 0 Å². The van der Waals surface area contributed by atoms with Crippen molar-refractivity contribution in [3.63, 3.8) is 0 Å². The summed E-state index contributed by atoms with van der Waals surface area (Å²) in [6.45, 7) is 2.57. The number of hydrogen-bond acceptors (Lipinski definition) is 3. The molecule has 0 fully saturated rings. The van der Waals surface area contributed by atoms with Gasteiger partial charge in [0.2, 0.25) is 15.9 Å². The predicted molar refractivity (Wildman–Crippen MR) is 108 cm³/mol. The maximum absolute atomic E-state index is 12.3. The van der Waals surface area contributed by atoms with Crippen molar-refractivity contribution in [3.8, 4) is 0 Å². The summed E-state index contributed by atoms with van der Waals surface area (Å²) in [6.07, 6.45) is 3.36. The molecule has 6 heteroatoms. The van der Waals surface area contributed by atoms with E-state index < -0.39 is 10.0 Å². The zero-order valence-corrected chi connectivity index (χ0v) is 16.8. The summed E-state index contributed by atoms with van der Waals surface area (Å²) >= 11 is 0. The molecule has 146 valence electrons. The summed E-state index contributed by atoms with van der Waals surface area (Å²) in [5, 5.41) is 0. The van der Waals surface area contributed by atoms with Crippen LogP contribution in [0.2, 0.25) is 0 Å². The van der Waals surface area contributed by atoms with Crippen LogP contribution in [0.1, 0.15) is 37.3 Å². The highest BCUT2D eigenvalue weighted by molar-refractivity contribution is 7.89. The van der Waals surface area contributed by atoms with E-state index in [4.69, 9.17) is 0 Å². The molecule has 0 heterocycles. The SMILES string of the molecule is CCNS(=O)(=O)c1ccc(CN(C)C(=O)CCCCc2ccccc2)cc1. The Morgan fingerprint density at radius 3 is 2.26 bits per heavy atom. The molecule has 1 N–H and O–H groups in total. The van der Waals surface area contributed by atoms with E-state index in [9.17, 15) is 13.2 Å². The van der Waals surface area contributed by atoms with Gasteiger partial charge in [0.15, 0.2) is 0 Å². The monoisotopic (exact) mass is 388 g/mol. The molecule has 0 aliphatic carbocycles. The van der Waals surface area contributed by atoms with E-state index in [1.54, 1.807) is 43.1 Å². The lowest BCUT2D eigenvalue weighted by Crippen LogP contribution is -2.26. The van der Waals surface area contributed by atoms with Gasteiger partial charge in [-0.15, -0.1) is 0 Å². The highest BCUT2D eigenvalue weighted by Crippen LogP contribution is 2.13. The Bertz CT molecular complexity index is 818. The lowest BCUT2D eigenvalue weighted by Gasteiger charge is -2.17.